The van der Waals surface area contributed by atoms with Crippen LogP contribution in [-0.2, 0) is 4.74 Å². The van der Waals surface area contributed by atoms with E-state index in [1.54, 1.807) is 0 Å². The molecule has 1 fully saturated rings. The van der Waals surface area contributed by atoms with Crippen molar-refractivity contribution in [3.63, 3.8) is 0 Å². The molecule has 1 saturated carbocycles. The second-order valence-electron chi connectivity index (χ2n) is 5.58. The smallest absolute Gasteiger partial charge is 0.0590 e. The van der Waals surface area contributed by atoms with Crippen LogP contribution in [0.3, 0.4) is 0 Å². The molecular weight excluding hydrogens is 324 g/mol. The van der Waals surface area contributed by atoms with Crippen molar-refractivity contribution in [2.24, 2.45) is 5.92 Å². The normalized spacial score (nSPS) is 24.1. The Labute approximate surface area is 129 Å². The van der Waals surface area contributed by atoms with Gasteiger partial charge in [0.15, 0.2) is 0 Å². The summed E-state index contributed by atoms with van der Waals surface area (Å²) in [6.45, 7) is 7.14. The molecule has 0 aromatic heterocycles. The van der Waals surface area contributed by atoms with E-state index in [-0.39, 0.29) is 5.38 Å². The fourth-order valence-electron chi connectivity index (χ4n) is 2.80. The number of aryl methyl sites for hydroxylation is 2. The summed E-state index contributed by atoms with van der Waals surface area (Å²) in [4.78, 5) is 0. The summed E-state index contributed by atoms with van der Waals surface area (Å²) in [5, 5.41) is 0.124. The molecule has 1 aromatic rings. The lowest BCUT2D eigenvalue weighted by molar-refractivity contribution is -0.0267. The maximum Gasteiger partial charge on any atom is 0.0590 e. The number of alkyl halides is 1. The average Bonchev–Trinajstić information content (AvgIpc) is 2.31. The van der Waals surface area contributed by atoms with Gasteiger partial charge in [0, 0.05) is 11.1 Å². The van der Waals surface area contributed by atoms with Crippen molar-refractivity contribution in [3.8, 4) is 0 Å². The van der Waals surface area contributed by atoms with Crippen LogP contribution in [0.25, 0.3) is 0 Å². The molecule has 106 valence electrons. The molecule has 0 aliphatic heterocycles. The predicted octanol–water partition coefficient (Wildman–Crippen LogP) is 5.55. The summed E-state index contributed by atoms with van der Waals surface area (Å²) in [5.74, 6) is 0.724. The Bertz CT molecular complexity index is 441. The first-order valence-corrected chi connectivity index (χ1v) is 8.26. The molecule has 3 heteroatoms. The highest BCUT2D eigenvalue weighted by Crippen LogP contribution is 2.40. The molecule has 0 N–H and O–H groups in total. The Morgan fingerprint density at radius 1 is 1.32 bits per heavy atom. The topological polar surface area (TPSA) is 9.23 Å². The molecule has 19 heavy (non-hydrogen) atoms. The zero-order valence-corrected chi connectivity index (χ0v) is 14.2. The lowest BCUT2D eigenvalue weighted by Gasteiger charge is -2.36. The van der Waals surface area contributed by atoms with Crippen LogP contribution in [0.4, 0.5) is 0 Å². The van der Waals surface area contributed by atoms with Gasteiger partial charge in [0.25, 0.3) is 0 Å². The van der Waals surface area contributed by atoms with E-state index in [4.69, 9.17) is 16.3 Å². The van der Waals surface area contributed by atoms with Crippen LogP contribution in [0.1, 0.15) is 48.3 Å². The van der Waals surface area contributed by atoms with Crippen molar-refractivity contribution in [2.45, 2.75) is 51.5 Å². The van der Waals surface area contributed by atoms with Crippen molar-refractivity contribution < 1.29 is 4.74 Å². The predicted molar refractivity (Wildman–Crippen MR) is 85.0 cm³/mol. The monoisotopic (exact) mass is 344 g/mol. The molecule has 0 saturated heterocycles. The number of hydrogen-bond acceptors (Lipinski definition) is 1. The Balaban J connectivity index is 1.94. The van der Waals surface area contributed by atoms with Gasteiger partial charge in [-0.25, -0.2) is 0 Å². The molecular formula is C16H22BrClO. The molecule has 0 spiro atoms. The van der Waals surface area contributed by atoms with Crippen molar-refractivity contribution >= 4 is 27.5 Å². The minimum absolute atomic E-state index is 0.124. The summed E-state index contributed by atoms with van der Waals surface area (Å²) in [7, 11) is 0. The second-order valence-corrected chi connectivity index (χ2v) is 6.96. The molecule has 1 atom stereocenters. The zero-order chi connectivity index (χ0) is 14.0. The van der Waals surface area contributed by atoms with Crippen molar-refractivity contribution in [2.75, 3.05) is 6.61 Å². The van der Waals surface area contributed by atoms with Gasteiger partial charge in [0.05, 0.1) is 11.5 Å². The van der Waals surface area contributed by atoms with E-state index < -0.39 is 0 Å². The summed E-state index contributed by atoms with van der Waals surface area (Å²) in [6.07, 6.45) is 3.89. The van der Waals surface area contributed by atoms with Gasteiger partial charge in [0.1, 0.15) is 0 Å². The number of ether oxygens (including phenoxy) is 1. The van der Waals surface area contributed by atoms with Gasteiger partial charge < -0.3 is 4.74 Å². The third-order valence-electron chi connectivity index (χ3n) is 4.02. The van der Waals surface area contributed by atoms with E-state index in [9.17, 15) is 0 Å². The van der Waals surface area contributed by atoms with Gasteiger partial charge in [-0.15, -0.1) is 11.6 Å². The van der Waals surface area contributed by atoms with E-state index in [1.165, 1.54) is 29.5 Å². The van der Waals surface area contributed by atoms with Crippen LogP contribution < -0.4 is 0 Å². The van der Waals surface area contributed by atoms with Crippen molar-refractivity contribution in [1.82, 2.24) is 0 Å². The van der Waals surface area contributed by atoms with Gasteiger partial charge in [0.2, 0.25) is 0 Å². The highest BCUT2D eigenvalue weighted by molar-refractivity contribution is 9.10. The van der Waals surface area contributed by atoms with E-state index >= 15 is 0 Å². The number of halogens is 2. The number of rotatable bonds is 5. The van der Waals surface area contributed by atoms with Gasteiger partial charge in [-0.1, -0.05) is 22.0 Å². The average molecular weight is 346 g/mol. The zero-order valence-electron chi connectivity index (χ0n) is 11.9. The molecule has 1 aromatic carbocycles. The first-order chi connectivity index (χ1) is 9.01. The third kappa shape index (κ3) is 3.74. The molecule has 1 nitrogen and oxygen atoms in total. The van der Waals surface area contributed by atoms with Gasteiger partial charge >= 0.3 is 0 Å². The van der Waals surface area contributed by atoms with Crippen LogP contribution >= 0.6 is 27.5 Å². The first-order valence-electron chi connectivity index (χ1n) is 7.03. The van der Waals surface area contributed by atoms with Crippen LogP contribution in [0.5, 0.6) is 0 Å². The maximum atomic E-state index is 6.61. The summed E-state index contributed by atoms with van der Waals surface area (Å²) >= 11 is 10.2. The summed E-state index contributed by atoms with van der Waals surface area (Å²) in [5.41, 5.74) is 3.81. The minimum Gasteiger partial charge on any atom is -0.378 e. The summed E-state index contributed by atoms with van der Waals surface area (Å²) < 4.78 is 6.77. The molecule has 0 heterocycles. The highest BCUT2D eigenvalue weighted by Gasteiger charge is 2.31. The minimum atomic E-state index is 0.124. The molecule has 1 unspecified atom stereocenters. The van der Waals surface area contributed by atoms with E-state index in [0.29, 0.717) is 6.10 Å². The second kappa shape index (κ2) is 6.60. The van der Waals surface area contributed by atoms with Crippen LogP contribution in [-0.4, -0.2) is 12.7 Å². The first kappa shape index (κ1) is 15.3. The highest BCUT2D eigenvalue weighted by atomic mass is 79.9. The summed E-state index contributed by atoms with van der Waals surface area (Å²) in [6, 6.07) is 4.39. The van der Waals surface area contributed by atoms with Gasteiger partial charge in [-0.05, 0) is 68.7 Å². The maximum absolute atomic E-state index is 6.61. The van der Waals surface area contributed by atoms with Gasteiger partial charge in [-0.2, -0.15) is 0 Å². The Morgan fingerprint density at radius 2 is 2.00 bits per heavy atom. The number of hydrogen-bond donors (Lipinski definition) is 0. The van der Waals surface area contributed by atoms with Crippen molar-refractivity contribution in [3.05, 3.63) is 33.3 Å². The Kier molecular flexibility index (Phi) is 5.33. The standard InChI is InChI=1S/C16H22BrClO/c1-4-19-13-7-12(8-13)9-16(18)14-5-11(3)15(17)6-10(14)2/h5-6,12-13,16H,4,7-9H2,1-3H3. The fourth-order valence-corrected chi connectivity index (χ4v) is 3.74. The van der Waals surface area contributed by atoms with Crippen LogP contribution in [0.2, 0.25) is 0 Å². The SMILES string of the molecule is CCOC1CC(CC(Cl)c2cc(C)c(Br)cc2C)C1. The largest absolute Gasteiger partial charge is 0.378 e. The molecule has 0 radical (unpaired) electrons. The molecule has 1 aliphatic carbocycles. The fraction of sp³-hybridized carbons (Fsp3) is 0.625. The van der Waals surface area contributed by atoms with Crippen molar-refractivity contribution in [1.29, 1.82) is 0 Å². The number of benzene rings is 1. The lowest BCUT2D eigenvalue weighted by Crippen LogP contribution is -2.31. The van der Waals surface area contributed by atoms with E-state index in [2.05, 4.69) is 48.8 Å². The van der Waals surface area contributed by atoms with E-state index in [1.807, 2.05) is 0 Å². The quantitative estimate of drug-likeness (QED) is 0.636. The Hall–Kier alpha value is -0.0500. The molecule has 0 amide bonds. The van der Waals surface area contributed by atoms with Crippen LogP contribution in [0, 0.1) is 19.8 Å². The molecule has 1 aliphatic rings. The third-order valence-corrected chi connectivity index (χ3v) is 5.29. The van der Waals surface area contributed by atoms with Gasteiger partial charge in [-0.3, -0.25) is 0 Å². The van der Waals surface area contributed by atoms with Crippen LogP contribution in [0.15, 0.2) is 16.6 Å². The molecule has 2 rings (SSSR count). The molecule has 0 bridgehead atoms. The Morgan fingerprint density at radius 3 is 2.63 bits per heavy atom. The lowest BCUT2D eigenvalue weighted by atomic mass is 9.78. The van der Waals surface area contributed by atoms with E-state index in [0.717, 1.165) is 23.4 Å².